The fourth-order valence-electron chi connectivity index (χ4n) is 4.10. The Labute approximate surface area is 88.2 Å². The Hall–Kier alpha value is -0.860. The molecule has 1 saturated heterocycles. The van der Waals surface area contributed by atoms with Gasteiger partial charge in [0.15, 0.2) is 11.7 Å². The first-order valence-corrected chi connectivity index (χ1v) is 5.87. The van der Waals surface area contributed by atoms with Crippen molar-refractivity contribution in [2.75, 3.05) is 0 Å². The van der Waals surface area contributed by atoms with Crippen molar-refractivity contribution < 1.29 is 14.3 Å². The van der Waals surface area contributed by atoms with E-state index in [1.807, 2.05) is 6.92 Å². The molecular weight excluding hydrogens is 192 g/mol. The summed E-state index contributed by atoms with van der Waals surface area (Å²) in [4.78, 5) is 23.5. The van der Waals surface area contributed by atoms with Crippen LogP contribution >= 0.6 is 0 Å². The molecule has 0 aromatic rings. The molecule has 3 nitrogen and oxygen atoms in total. The summed E-state index contributed by atoms with van der Waals surface area (Å²) in [5, 5.41) is 0. The molecule has 1 heterocycles. The zero-order valence-corrected chi connectivity index (χ0v) is 8.79. The second-order valence-corrected chi connectivity index (χ2v) is 5.77. The summed E-state index contributed by atoms with van der Waals surface area (Å²) in [6.45, 7) is 1.82. The normalized spacial score (nSPS) is 42.3. The highest BCUT2D eigenvalue weighted by atomic mass is 16.6. The maximum atomic E-state index is 12.2. The number of hydrogen-bond acceptors (Lipinski definition) is 3. The molecule has 0 N–H and O–H groups in total. The first-order valence-electron chi connectivity index (χ1n) is 5.87. The monoisotopic (exact) mass is 206 g/mol. The molecule has 15 heavy (non-hydrogen) atoms. The largest absolute Gasteiger partial charge is 0.461 e. The summed E-state index contributed by atoms with van der Waals surface area (Å²) < 4.78 is 4.87. The van der Waals surface area contributed by atoms with Crippen LogP contribution in [0.2, 0.25) is 0 Å². The summed E-state index contributed by atoms with van der Waals surface area (Å²) in [7, 11) is 0. The topological polar surface area (TPSA) is 43.4 Å². The molecule has 2 atom stereocenters. The molecule has 3 heteroatoms. The number of rotatable bonds is 2. The van der Waals surface area contributed by atoms with Crippen LogP contribution in [0.1, 0.15) is 32.6 Å². The lowest BCUT2D eigenvalue weighted by molar-refractivity contribution is -0.184. The van der Waals surface area contributed by atoms with Gasteiger partial charge in [0.1, 0.15) is 6.10 Å². The Bertz CT molecular complexity index is 372. The molecule has 2 spiro atoms. The average molecular weight is 206 g/mol. The van der Waals surface area contributed by atoms with Gasteiger partial charge in [0, 0.05) is 5.92 Å². The van der Waals surface area contributed by atoms with Gasteiger partial charge in [0.05, 0.1) is 0 Å². The highest BCUT2D eigenvalue weighted by molar-refractivity contribution is 6.06. The number of fused-ring (bicyclic) bond motifs is 1. The summed E-state index contributed by atoms with van der Waals surface area (Å²) in [6, 6.07) is 0. The quantitative estimate of drug-likeness (QED) is 0.505. The Morgan fingerprint density at radius 1 is 1.27 bits per heavy atom. The van der Waals surface area contributed by atoms with Gasteiger partial charge in [-0.1, -0.05) is 0 Å². The number of cyclic esters (lactones) is 1. The number of esters is 1. The van der Waals surface area contributed by atoms with E-state index in [2.05, 4.69) is 0 Å². The van der Waals surface area contributed by atoms with Gasteiger partial charge in [0.2, 0.25) is 0 Å². The molecule has 0 unspecified atom stereocenters. The number of ketones is 1. The van der Waals surface area contributed by atoms with Gasteiger partial charge in [-0.15, -0.1) is 0 Å². The minimum atomic E-state index is -0.424. The van der Waals surface area contributed by atoms with E-state index in [9.17, 15) is 9.59 Å². The van der Waals surface area contributed by atoms with Crippen molar-refractivity contribution in [3.8, 4) is 0 Å². The van der Waals surface area contributed by atoms with Crippen LogP contribution in [0.3, 0.4) is 0 Å². The fraction of sp³-hybridized carbons (Fsp3) is 0.833. The van der Waals surface area contributed by atoms with E-state index < -0.39 is 5.92 Å². The molecule has 0 amide bonds. The Balaban J connectivity index is 1.60. The van der Waals surface area contributed by atoms with E-state index in [-0.39, 0.29) is 23.8 Å². The molecule has 0 aromatic carbocycles. The first-order chi connectivity index (χ1) is 7.12. The SMILES string of the molecule is C[C@H]1OC(=O)[C@@H]1C(=O)C1C2(CC2)C12CC2. The van der Waals surface area contributed by atoms with Crippen LogP contribution in [0.15, 0.2) is 0 Å². The van der Waals surface area contributed by atoms with Crippen molar-refractivity contribution in [3.63, 3.8) is 0 Å². The van der Waals surface area contributed by atoms with Crippen molar-refractivity contribution in [1.82, 2.24) is 0 Å². The Kier molecular flexibility index (Phi) is 1.11. The lowest BCUT2D eigenvalue weighted by Crippen LogP contribution is -2.48. The van der Waals surface area contributed by atoms with E-state index in [0.717, 1.165) is 0 Å². The minimum Gasteiger partial charge on any atom is -0.461 e. The third kappa shape index (κ3) is 0.704. The standard InChI is InChI=1S/C12H14O3/c1-6-7(10(14)15-6)8(13)9-11(2-3-11)12(9)4-5-12/h6-7,9H,2-5H2,1H3/t6-,7+/m1/s1. The highest BCUT2D eigenvalue weighted by Crippen LogP contribution is 2.92. The van der Waals surface area contributed by atoms with Crippen LogP contribution in [0, 0.1) is 22.7 Å². The van der Waals surface area contributed by atoms with Gasteiger partial charge < -0.3 is 4.74 Å². The van der Waals surface area contributed by atoms with Crippen LogP contribution in [-0.4, -0.2) is 17.9 Å². The fourth-order valence-corrected chi connectivity index (χ4v) is 4.10. The molecule has 4 aliphatic rings. The molecule has 4 fully saturated rings. The lowest BCUT2D eigenvalue weighted by Gasteiger charge is -2.31. The molecule has 1 aliphatic heterocycles. The Morgan fingerprint density at radius 2 is 1.80 bits per heavy atom. The van der Waals surface area contributed by atoms with Gasteiger partial charge in [-0.3, -0.25) is 9.59 Å². The number of ether oxygens (including phenoxy) is 1. The van der Waals surface area contributed by atoms with Crippen molar-refractivity contribution in [1.29, 1.82) is 0 Å². The highest BCUT2D eigenvalue weighted by Gasteiger charge is 2.89. The van der Waals surface area contributed by atoms with E-state index in [0.29, 0.717) is 10.8 Å². The predicted molar refractivity (Wildman–Crippen MR) is 50.9 cm³/mol. The molecule has 80 valence electrons. The van der Waals surface area contributed by atoms with Crippen molar-refractivity contribution in [2.24, 2.45) is 22.7 Å². The van der Waals surface area contributed by atoms with E-state index in [1.54, 1.807) is 0 Å². The summed E-state index contributed by atoms with van der Waals surface area (Å²) in [5.74, 6) is -0.280. The number of carbonyl (C=O) groups excluding carboxylic acids is 2. The smallest absolute Gasteiger partial charge is 0.320 e. The van der Waals surface area contributed by atoms with Gasteiger partial charge in [-0.25, -0.2) is 0 Å². The lowest BCUT2D eigenvalue weighted by atomic mass is 9.89. The molecule has 3 saturated carbocycles. The summed E-state index contributed by atoms with van der Waals surface area (Å²) in [5.41, 5.74) is 0.749. The third-order valence-electron chi connectivity index (χ3n) is 5.21. The summed E-state index contributed by atoms with van der Waals surface area (Å²) >= 11 is 0. The van der Waals surface area contributed by atoms with Crippen LogP contribution in [0.4, 0.5) is 0 Å². The maximum absolute atomic E-state index is 12.2. The molecule has 3 aliphatic carbocycles. The van der Waals surface area contributed by atoms with Crippen molar-refractivity contribution in [3.05, 3.63) is 0 Å². The van der Waals surface area contributed by atoms with Gasteiger partial charge in [-0.2, -0.15) is 0 Å². The van der Waals surface area contributed by atoms with Gasteiger partial charge in [-0.05, 0) is 43.4 Å². The number of Topliss-reactive ketones (excluding diaryl/α,β-unsaturated/α-hetero) is 1. The van der Waals surface area contributed by atoms with Gasteiger partial charge in [0.25, 0.3) is 0 Å². The van der Waals surface area contributed by atoms with Crippen molar-refractivity contribution in [2.45, 2.75) is 38.7 Å². The first kappa shape index (κ1) is 8.31. The predicted octanol–water partition coefficient (Wildman–Crippen LogP) is 1.31. The van der Waals surface area contributed by atoms with Gasteiger partial charge >= 0.3 is 5.97 Å². The zero-order chi connectivity index (χ0) is 10.4. The molecule has 0 radical (unpaired) electrons. The van der Waals surface area contributed by atoms with Crippen molar-refractivity contribution >= 4 is 11.8 Å². The van der Waals surface area contributed by atoms with Crippen LogP contribution in [0.5, 0.6) is 0 Å². The average Bonchev–Trinajstić information content (AvgIpc) is 2.99. The second kappa shape index (κ2) is 2.00. The number of hydrogen-bond donors (Lipinski definition) is 0. The molecule has 0 bridgehead atoms. The minimum absolute atomic E-state index is 0.169. The number of carbonyl (C=O) groups is 2. The molecule has 4 rings (SSSR count). The van der Waals surface area contributed by atoms with E-state index in [1.165, 1.54) is 25.7 Å². The molecule has 0 aromatic heterocycles. The second-order valence-electron chi connectivity index (χ2n) is 5.77. The summed E-state index contributed by atoms with van der Waals surface area (Å²) in [6.07, 6.45) is 4.72. The third-order valence-corrected chi connectivity index (χ3v) is 5.21. The van der Waals surface area contributed by atoms with Crippen LogP contribution in [0.25, 0.3) is 0 Å². The van der Waals surface area contributed by atoms with E-state index in [4.69, 9.17) is 4.74 Å². The van der Waals surface area contributed by atoms with E-state index >= 15 is 0 Å². The molecular formula is C12H14O3. The zero-order valence-electron chi connectivity index (χ0n) is 8.79. The Morgan fingerprint density at radius 3 is 2.13 bits per heavy atom. The van der Waals surface area contributed by atoms with Crippen LogP contribution in [-0.2, 0) is 14.3 Å². The van der Waals surface area contributed by atoms with Crippen LogP contribution < -0.4 is 0 Å². The maximum Gasteiger partial charge on any atom is 0.320 e.